The predicted molar refractivity (Wildman–Crippen MR) is 101 cm³/mol. The maximum absolute atomic E-state index is 12.8. The van der Waals surface area contributed by atoms with Gasteiger partial charge in [-0.2, -0.15) is 5.26 Å². The molecule has 1 aromatic carbocycles. The van der Waals surface area contributed by atoms with Gasteiger partial charge in [-0.1, -0.05) is 26.0 Å². The van der Waals surface area contributed by atoms with E-state index in [2.05, 4.69) is 18.0 Å². The Labute approximate surface area is 155 Å². The molecular weight excluding hydrogens is 322 g/mol. The molecule has 0 spiro atoms. The first-order chi connectivity index (χ1) is 12.6. The van der Waals surface area contributed by atoms with Crippen molar-refractivity contribution in [2.24, 2.45) is 5.92 Å². The van der Waals surface area contributed by atoms with Crippen LogP contribution in [0.4, 0.5) is 0 Å². The second-order valence-electron chi connectivity index (χ2n) is 7.15. The fourth-order valence-electron chi connectivity index (χ4n) is 3.51. The maximum atomic E-state index is 12.8. The van der Waals surface area contributed by atoms with Crippen molar-refractivity contribution >= 4 is 5.91 Å². The minimum absolute atomic E-state index is 0.0867. The lowest BCUT2D eigenvalue weighted by atomic mass is 9.89. The number of amides is 1. The molecule has 2 heterocycles. The van der Waals surface area contributed by atoms with Crippen LogP contribution in [0.2, 0.25) is 0 Å². The van der Waals surface area contributed by atoms with E-state index >= 15 is 0 Å². The molecular formula is C22H24N3O. The van der Waals surface area contributed by atoms with Gasteiger partial charge in [-0.25, -0.2) is 0 Å². The fraction of sp³-hybridized carbons (Fsp3) is 0.364. The van der Waals surface area contributed by atoms with Crippen molar-refractivity contribution in [1.82, 2.24) is 9.88 Å². The molecule has 1 unspecified atom stereocenters. The van der Waals surface area contributed by atoms with Crippen molar-refractivity contribution in [2.75, 3.05) is 13.1 Å². The second kappa shape index (κ2) is 8.14. The highest BCUT2D eigenvalue weighted by molar-refractivity contribution is 5.94. The number of nitrogens with zero attached hydrogens (tertiary/aromatic N) is 3. The Hall–Kier alpha value is -2.67. The van der Waals surface area contributed by atoms with Gasteiger partial charge in [0.2, 0.25) is 0 Å². The summed E-state index contributed by atoms with van der Waals surface area (Å²) >= 11 is 0. The fourth-order valence-corrected chi connectivity index (χ4v) is 3.51. The number of aromatic nitrogens is 1. The van der Waals surface area contributed by atoms with Crippen LogP contribution in [0.15, 0.2) is 42.6 Å². The van der Waals surface area contributed by atoms with E-state index in [0.717, 1.165) is 38.0 Å². The summed E-state index contributed by atoms with van der Waals surface area (Å²) in [6, 6.07) is 13.7. The molecule has 1 atom stereocenters. The third-order valence-electron chi connectivity index (χ3n) is 4.91. The zero-order valence-electron chi connectivity index (χ0n) is 15.2. The third kappa shape index (κ3) is 4.29. The Balaban J connectivity index is 1.62. The number of hydrogen-bond acceptors (Lipinski definition) is 3. The van der Waals surface area contributed by atoms with Gasteiger partial charge in [0.15, 0.2) is 0 Å². The van der Waals surface area contributed by atoms with Crippen LogP contribution < -0.4 is 0 Å². The summed E-state index contributed by atoms with van der Waals surface area (Å²) in [5, 5.41) is 8.91. The molecule has 26 heavy (non-hydrogen) atoms. The molecule has 0 bridgehead atoms. The van der Waals surface area contributed by atoms with Crippen LogP contribution >= 0.6 is 0 Å². The van der Waals surface area contributed by atoms with Gasteiger partial charge < -0.3 is 4.90 Å². The van der Waals surface area contributed by atoms with Crippen LogP contribution in [-0.2, 0) is 6.42 Å². The third-order valence-corrected chi connectivity index (χ3v) is 4.91. The molecule has 1 radical (unpaired) electrons. The second-order valence-corrected chi connectivity index (χ2v) is 7.15. The Morgan fingerprint density at radius 3 is 2.62 bits per heavy atom. The monoisotopic (exact) mass is 346 g/mol. The molecule has 1 saturated heterocycles. The van der Waals surface area contributed by atoms with E-state index in [4.69, 9.17) is 5.26 Å². The molecule has 133 valence electrons. The number of carbonyl (C=O) groups excluding carboxylic acids is 1. The highest BCUT2D eigenvalue weighted by Crippen LogP contribution is 2.28. The number of nitriles is 1. The average Bonchev–Trinajstić information content (AvgIpc) is 2.67. The van der Waals surface area contributed by atoms with Crippen molar-refractivity contribution < 1.29 is 4.79 Å². The van der Waals surface area contributed by atoms with Gasteiger partial charge in [0.05, 0.1) is 11.6 Å². The van der Waals surface area contributed by atoms with E-state index < -0.39 is 0 Å². The van der Waals surface area contributed by atoms with Gasteiger partial charge in [0, 0.05) is 30.5 Å². The van der Waals surface area contributed by atoms with Gasteiger partial charge in [0.25, 0.3) is 5.91 Å². The zero-order valence-corrected chi connectivity index (χ0v) is 15.2. The molecule has 1 aromatic heterocycles. The highest BCUT2D eigenvalue weighted by atomic mass is 16.2. The number of likely N-dealkylation sites (tertiary alicyclic amines) is 1. The standard InChI is InChI=1S/C22H24N3O/c1-16(2)13-21-14-20(7-10-24-21)22(26)25-11-8-19(9-12-25)18-5-3-17(15-23)4-6-18/h3-7,10,14,16,19H,1,8-9,11-13H2,2H3. The predicted octanol–water partition coefficient (Wildman–Crippen LogP) is 3.99. The van der Waals surface area contributed by atoms with Crippen LogP contribution in [0.1, 0.15) is 52.9 Å². The molecule has 0 aliphatic carbocycles. The van der Waals surface area contributed by atoms with Crippen LogP contribution in [0, 0.1) is 24.2 Å². The summed E-state index contributed by atoms with van der Waals surface area (Å²) in [6.45, 7) is 7.55. The van der Waals surface area contributed by atoms with Crippen molar-refractivity contribution in [3.8, 4) is 6.07 Å². The Kier molecular flexibility index (Phi) is 5.68. The SMILES string of the molecule is [CH2]C(C)Cc1cc(C(=O)N2CCC(c3ccc(C#N)cc3)CC2)ccn1. The van der Waals surface area contributed by atoms with Crippen LogP contribution in [-0.4, -0.2) is 28.9 Å². The molecule has 4 nitrogen and oxygen atoms in total. The van der Waals surface area contributed by atoms with Gasteiger partial charge in [0.1, 0.15) is 0 Å². The van der Waals surface area contributed by atoms with E-state index in [1.54, 1.807) is 12.3 Å². The Morgan fingerprint density at radius 2 is 2.00 bits per heavy atom. The van der Waals surface area contributed by atoms with Crippen LogP contribution in [0.25, 0.3) is 0 Å². The molecule has 0 saturated carbocycles. The number of carbonyl (C=O) groups is 1. The number of rotatable bonds is 4. The summed E-state index contributed by atoms with van der Waals surface area (Å²) in [6.07, 6.45) is 4.40. The van der Waals surface area contributed by atoms with Crippen molar-refractivity contribution in [3.05, 3.63) is 71.9 Å². The van der Waals surface area contributed by atoms with E-state index in [1.807, 2.05) is 42.2 Å². The first kappa shape index (κ1) is 18.1. The highest BCUT2D eigenvalue weighted by Gasteiger charge is 2.24. The average molecular weight is 346 g/mol. The molecule has 3 rings (SSSR count). The molecule has 2 aromatic rings. The zero-order chi connectivity index (χ0) is 18.5. The summed E-state index contributed by atoms with van der Waals surface area (Å²) in [5.41, 5.74) is 3.58. The number of hydrogen-bond donors (Lipinski definition) is 0. The molecule has 4 heteroatoms. The van der Waals surface area contributed by atoms with E-state index in [0.29, 0.717) is 17.0 Å². The number of benzene rings is 1. The first-order valence-electron chi connectivity index (χ1n) is 9.14. The van der Waals surface area contributed by atoms with E-state index in [9.17, 15) is 4.79 Å². The number of piperidine rings is 1. The minimum atomic E-state index is 0.0867. The van der Waals surface area contributed by atoms with Gasteiger partial charge in [-0.3, -0.25) is 9.78 Å². The van der Waals surface area contributed by atoms with Crippen molar-refractivity contribution in [1.29, 1.82) is 5.26 Å². The maximum Gasteiger partial charge on any atom is 0.253 e. The normalized spacial score (nSPS) is 15.1. The molecule has 1 fully saturated rings. The lowest BCUT2D eigenvalue weighted by molar-refractivity contribution is 0.0712. The Bertz CT molecular complexity index is 797. The molecule has 0 N–H and O–H groups in total. The first-order valence-corrected chi connectivity index (χ1v) is 9.14. The summed E-state index contributed by atoms with van der Waals surface area (Å²) in [4.78, 5) is 19.1. The lowest BCUT2D eigenvalue weighted by Gasteiger charge is -2.32. The van der Waals surface area contributed by atoms with Crippen LogP contribution in [0.5, 0.6) is 0 Å². The molecule has 1 aliphatic heterocycles. The van der Waals surface area contributed by atoms with Gasteiger partial charge in [-0.15, -0.1) is 0 Å². The van der Waals surface area contributed by atoms with Gasteiger partial charge >= 0.3 is 0 Å². The van der Waals surface area contributed by atoms with Crippen molar-refractivity contribution in [2.45, 2.75) is 32.1 Å². The number of pyridine rings is 1. The van der Waals surface area contributed by atoms with Crippen molar-refractivity contribution in [3.63, 3.8) is 0 Å². The lowest BCUT2D eigenvalue weighted by Crippen LogP contribution is -2.38. The smallest absolute Gasteiger partial charge is 0.253 e. The molecule has 1 aliphatic rings. The van der Waals surface area contributed by atoms with Gasteiger partial charge in [-0.05, 0) is 60.9 Å². The minimum Gasteiger partial charge on any atom is -0.339 e. The largest absolute Gasteiger partial charge is 0.339 e. The summed E-state index contributed by atoms with van der Waals surface area (Å²) < 4.78 is 0. The summed E-state index contributed by atoms with van der Waals surface area (Å²) in [7, 11) is 0. The van der Waals surface area contributed by atoms with E-state index in [-0.39, 0.29) is 11.8 Å². The van der Waals surface area contributed by atoms with E-state index in [1.165, 1.54) is 5.56 Å². The van der Waals surface area contributed by atoms with Crippen LogP contribution in [0.3, 0.4) is 0 Å². The molecule has 1 amide bonds. The topological polar surface area (TPSA) is 57.0 Å². The summed E-state index contributed by atoms with van der Waals surface area (Å²) in [5.74, 6) is 0.812. The Morgan fingerprint density at radius 1 is 1.31 bits per heavy atom. The quantitative estimate of drug-likeness (QED) is 0.841.